The number of halogens is 3. The third-order valence-electron chi connectivity index (χ3n) is 2.72. The van der Waals surface area contributed by atoms with Gasteiger partial charge in [0.05, 0.1) is 0 Å². The Bertz CT molecular complexity index is 384. The van der Waals surface area contributed by atoms with Crippen molar-refractivity contribution < 1.29 is 4.79 Å². The van der Waals surface area contributed by atoms with Crippen LogP contribution in [0.15, 0.2) is 22.8 Å². The van der Waals surface area contributed by atoms with E-state index in [4.69, 9.17) is 5.73 Å². The Morgan fingerprint density at radius 1 is 1.50 bits per heavy atom. The van der Waals surface area contributed by atoms with Gasteiger partial charge in [0.1, 0.15) is 5.69 Å². The van der Waals surface area contributed by atoms with Gasteiger partial charge in [-0.25, -0.2) is 4.98 Å². The lowest BCUT2D eigenvalue weighted by molar-refractivity contribution is 0.0928. The molecule has 0 aliphatic heterocycles. The molecule has 7 heteroatoms. The first-order valence-electron chi connectivity index (χ1n) is 5.33. The summed E-state index contributed by atoms with van der Waals surface area (Å²) in [6.45, 7) is 0.493. The molecule has 2 rings (SSSR count). The molecule has 0 saturated heterocycles. The van der Waals surface area contributed by atoms with Gasteiger partial charge in [-0.2, -0.15) is 0 Å². The minimum atomic E-state index is -0.144. The minimum absolute atomic E-state index is 0. The van der Waals surface area contributed by atoms with E-state index >= 15 is 0 Å². The molecule has 4 nitrogen and oxygen atoms in total. The van der Waals surface area contributed by atoms with Crippen molar-refractivity contribution >= 4 is 46.7 Å². The van der Waals surface area contributed by atoms with Gasteiger partial charge < -0.3 is 11.1 Å². The van der Waals surface area contributed by atoms with Gasteiger partial charge in [-0.15, -0.1) is 24.8 Å². The molecule has 1 fully saturated rings. The fourth-order valence-corrected chi connectivity index (χ4v) is 1.85. The summed E-state index contributed by atoms with van der Waals surface area (Å²) in [5.41, 5.74) is 6.05. The fourth-order valence-electron chi connectivity index (χ4n) is 1.62. The van der Waals surface area contributed by atoms with E-state index < -0.39 is 0 Å². The number of amides is 1. The monoisotopic (exact) mass is 355 g/mol. The van der Waals surface area contributed by atoms with Crippen molar-refractivity contribution in [2.45, 2.75) is 18.9 Å². The number of hydrogen-bond acceptors (Lipinski definition) is 3. The molecule has 102 valence electrons. The number of pyridine rings is 1. The van der Waals surface area contributed by atoms with Crippen LogP contribution in [0.2, 0.25) is 0 Å². The van der Waals surface area contributed by atoms with Crippen molar-refractivity contribution in [3.05, 3.63) is 28.5 Å². The first-order valence-corrected chi connectivity index (χ1v) is 6.12. The summed E-state index contributed by atoms with van der Waals surface area (Å²) in [6, 6.07) is 3.59. The molecular formula is C11H16BrCl2N3O. The third-order valence-corrected chi connectivity index (χ3v) is 3.19. The Morgan fingerprint density at radius 3 is 2.61 bits per heavy atom. The maximum atomic E-state index is 11.8. The molecule has 1 aliphatic rings. The van der Waals surface area contributed by atoms with E-state index in [0.717, 1.165) is 17.3 Å². The lowest BCUT2D eigenvalue weighted by Crippen LogP contribution is -2.42. The largest absolute Gasteiger partial charge is 0.346 e. The SMILES string of the molecule is Cl.Cl.NCC(NC(=O)c1ccc(Br)cn1)C1CC1. The molecule has 1 saturated carbocycles. The fraction of sp³-hybridized carbons (Fsp3) is 0.455. The van der Waals surface area contributed by atoms with Crippen molar-refractivity contribution in [1.82, 2.24) is 10.3 Å². The summed E-state index contributed by atoms with van der Waals surface area (Å²) in [5, 5.41) is 2.92. The van der Waals surface area contributed by atoms with Gasteiger partial charge in [0.25, 0.3) is 5.91 Å². The third kappa shape index (κ3) is 4.72. The maximum absolute atomic E-state index is 11.8. The molecule has 0 aromatic carbocycles. The lowest BCUT2D eigenvalue weighted by atomic mass is 10.2. The highest BCUT2D eigenvalue weighted by Gasteiger charge is 2.31. The van der Waals surface area contributed by atoms with Gasteiger partial charge in [0.15, 0.2) is 0 Å². The topological polar surface area (TPSA) is 68.0 Å². The number of carbonyl (C=O) groups excluding carboxylic acids is 1. The Balaban J connectivity index is 0.00000144. The van der Waals surface area contributed by atoms with Gasteiger partial charge in [0, 0.05) is 23.3 Å². The summed E-state index contributed by atoms with van der Waals surface area (Å²) in [4.78, 5) is 15.9. The molecule has 0 radical (unpaired) electrons. The number of nitrogens with two attached hydrogens (primary N) is 1. The number of hydrogen-bond donors (Lipinski definition) is 2. The Morgan fingerprint density at radius 2 is 2.17 bits per heavy atom. The average molecular weight is 357 g/mol. The van der Waals surface area contributed by atoms with Crippen molar-refractivity contribution in [2.75, 3.05) is 6.54 Å². The van der Waals surface area contributed by atoms with Gasteiger partial charge >= 0.3 is 0 Å². The zero-order valence-electron chi connectivity index (χ0n) is 9.64. The van der Waals surface area contributed by atoms with E-state index in [1.807, 2.05) is 0 Å². The summed E-state index contributed by atoms with van der Waals surface area (Å²) in [7, 11) is 0. The quantitative estimate of drug-likeness (QED) is 0.868. The van der Waals surface area contributed by atoms with Crippen LogP contribution in [0.25, 0.3) is 0 Å². The Labute approximate surface area is 127 Å². The van der Waals surface area contributed by atoms with E-state index in [0.29, 0.717) is 18.2 Å². The number of nitrogens with zero attached hydrogens (tertiary/aromatic N) is 1. The normalized spacial score (nSPS) is 15.0. The second-order valence-electron chi connectivity index (χ2n) is 4.01. The van der Waals surface area contributed by atoms with Crippen LogP contribution in [0.1, 0.15) is 23.3 Å². The number of nitrogens with one attached hydrogen (secondary N) is 1. The summed E-state index contributed by atoms with van der Waals surface area (Å²) in [5.74, 6) is 0.416. The van der Waals surface area contributed by atoms with Crippen LogP contribution >= 0.6 is 40.7 Å². The number of carbonyl (C=O) groups is 1. The molecule has 1 aliphatic carbocycles. The van der Waals surface area contributed by atoms with Crippen LogP contribution < -0.4 is 11.1 Å². The molecule has 18 heavy (non-hydrogen) atoms. The van der Waals surface area contributed by atoms with Crippen molar-refractivity contribution in [1.29, 1.82) is 0 Å². The van der Waals surface area contributed by atoms with Crippen molar-refractivity contribution in [3.8, 4) is 0 Å². The summed E-state index contributed by atoms with van der Waals surface area (Å²) < 4.78 is 0.863. The predicted molar refractivity (Wildman–Crippen MR) is 79.5 cm³/mol. The second kappa shape index (κ2) is 7.94. The molecular weight excluding hydrogens is 341 g/mol. The lowest BCUT2D eigenvalue weighted by Gasteiger charge is -2.15. The number of rotatable bonds is 4. The van der Waals surface area contributed by atoms with Crippen LogP contribution in [0, 0.1) is 5.92 Å². The van der Waals surface area contributed by atoms with E-state index in [9.17, 15) is 4.79 Å². The Kier molecular flexibility index (Phi) is 7.78. The predicted octanol–water partition coefficient (Wildman–Crippen LogP) is 2.15. The van der Waals surface area contributed by atoms with Crippen molar-refractivity contribution in [3.63, 3.8) is 0 Å². The zero-order chi connectivity index (χ0) is 11.5. The van der Waals surface area contributed by atoms with Gasteiger partial charge in [-0.05, 0) is 46.8 Å². The first kappa shape index (κ1) is 17.6. The van der Waals surface area contributed by atoms with E-state index in [1.54, 1.807) is 18.3 Å². The van der Waals surface area contributed by atoms with E-state index in [2.05, 4.69) is 26.2 Å². The zero-order valence-corrected chi connectivity index (χ0v) is 12.9. The second-order valence-corrected chi connectivity index (χ2v) is 4.93. The van der Waals surface area contributed by atoms with Crippen LogP contribution in [0.3, 0.4) is 0 Å². The maximum Gasteiger partial charge on any atom is 0.270 e. The Hall–Kier alpha value is -0.360. The van der Waals surface area contributed by atoms with Gasteiger partial charge in [-0.3, -0.25) is 4.79 Å². The van der Waals surface area contributed by atoms with Crippen LogP contribution in [0.5, 0.6) is 0 Å². The highest BCUT2D eigenvalue weighted by Crippen LogP contribution is 2.32. The van der Waals surface area contributed by atoms with Gasteiger partial charge in [0.2, 0.25) is 0 Å². The van der Waals surface area contributed by atoms with E-state index in [-0.39, 0.29) is 36.8 Å². The molecule has 1 unspecified atom stereocenters. The number of aromatic nitrogens is 1. The first-order chi connectivity index (χ1) is 7.70. The van der Waals surface area contributed by atoms with Crippen LogP contribution in [-0.4, -0.2) is 23.5 Å². The highest BCUT2D eigenvalue weighted by molar-refractivity contribution is 9.10. The minimum Gasteiger partial charge on any atom is -0.346 e. The molecule has 1 aromatic rings. The summed E-state index contributed by atoms with van der Waals surface area (Å²) >= 11 is 3.28. The molecule has 1 amide bonds. The smallest absolute Gasteiger partial charge is 0.270 e. The average Bonchev–Trinajstić information content (AvgIpc) is 3.10. The molecule has 3 N–H and O–H groups in total. The van der Waals surface area contributed by atoms with Crippen LogP contribution in [-0.2, 0) is 0 Å². The van der Waals surface area contributed by atoms with E-state index in [1.165, 1.54) is 0 Å². The highest BCUT2D eigenvalue weighted by atomic mass is 79.9. The van der Waals surface area contributed by atoms with Crippen LogP contribution in [0.4, 0.5) is 0 Å². The molecule has 0 bridgehead atoms. The molecule has 0 spiro atoms. The molecule has 1 heterocycles. The van der Waals surface area contributed by atoms with Gasteiger partial charge in [-0.1, -0.05) is 0 Å². The summed E-state index contributed by atoms with van der Waals surface area (Å²) in [6.07, 6.45) is 3.94. The van der Waals surface area contributed by atoms with Crippen molar-refractivity contribution in [2.24, 2.45) is 11.7 Å². The standard InChI is InChI=1S/C11H14BrN3O.2ClH/c12-8-3-4-9(14-6-8)11(16)15-10(5-13)7-1-2-7;;/h3-4,6-7,10H,1-2,5,13H2,(H,15,16);2*1H. The molecule has 1 atom stereocenters. The molecule has 1 aromatic heterocycles.